The summed E-state index contributed by atoms with van der Waals surface area (Å²) >= 11 is 11.5. The first kappa shape index (κ1) is 14.6. The summed E-state index contributed by atoms with van der Waals surface area (Å²) in [5.41, 5.74) is 1.88. The molecule has 1 amide bonds. The molecule has 1 heterocycles. The van der Waals surface area contributed by atoms with Crippen molar-refractivity contribution in [1.29, 1.82) is 0 Å². The predicted octanol–water partition coefficient (Wildman–Crippen LogP) is 3.10. The second-order valence-electron chi connectivity index (χ2n) is 4.27. The van der Waals surface area contributed by atoms with Gasteiger partial charge in [0.2, 0.25) is 0 Å². The molecule has 1 N–H and O–H groups in total. The largest absolute Gasteiger partial charge is 0.378 e. The summed E-state index contributed by atoms with van der Waals surface area (Å²) in [5.74, 6) is -0.385. The Labute approximate surface area is 126 Å². The summed E-state index contributed by atoms with van der Waals surface area (Å²) in [6, 6.07) is 8.78. The van der Waals surface area contributed by atoms with Gasteiger partial charge in [-0.2, -0.15) is 0 Å². The highest BCUT2D eigenvalue weighted by atomic mass is 35.5. The Morgan fingerprint density at radius 1 is 1.15 bits per heavy atom. The summed E-state index contributed by atoms with van der Waals surface area (Å²) in [4.78, 5) is 14.0. The molecule has 7 heteroatoms. The van der Waals surface area contributed by atoms with E-state index in [0.717, 1.165) is 5.69 Å². The molecule has 0 saturated carbocycles. The number of benzene rings is 1. The summed E-state index contributed by atoms with van der Waals surface area (Å²) in [6.45, 7) is 0. The van der Waals surface area contributed by atoms with E-state index in [1.165, 1.54) is 6.07 Å². The van der Waals surface area contributed by atoms with Gasteiger partial charge in [-0.15, -0.1) is 10.2 Å². The molecule has 0 atom stereocenters. The number of nitrogens with one attached hydrogen (secondary N) is 1. The molecule has 0 unspecified atom stereocenters. The van der Waals surface area contributed by atoms with E-state index in [4.69, 9.17) is 23.2 Å². The van der Waals surface area contributed by atoms with Crippen LogP contribution in [0.15, 0.2) is 30.3 Å². The maximum Gasteiger partial charge on any atom is 0.258 e. The molecule has 0 spiro atoms. The van der Waals surface area contributed by atoms with Crippen LogP contribution >= 0.6 is 23.2 Å². The van der Waals surface area contributed by atoms with Crippen LogP contribution in [0.5, 0.6) is 0 Å². The van der Waals surface area contributed by atoms with Crippen molar-refractivity contribution in [3.05, 3.63) is 46.2 Å². The molecule has 0 aliphatic rings. The van der Waals surface area contributed by atoms with Crippen molar-refractivity contribution < 1.29 is 4.79 Å². The summed E-state index contributed by atoms with van der Waals surface area (Å²) in [6.07, 6.45) is 0. The molecule has 5 nitrogen and oxygen atoms in total. The summed E-state index contributed by atoms with van der Waals surface area (Å²) in [5, 5.41) is 10.0. The van der Waals surface area contributed by atoms with Crippen LogP contribution in [0.25, 0.3) is 0 Å². The second kappa shape index (κ2) is 6.07. The maximum absolute atomic E-state index is 12.1. The van der Waals surface area contributed by atoms with Crippen LogP contribution in [0.2, 0.25) is 10.3 Å². The fourth-order valence-electron chi connectivity index (χ4n) is 1.55. The Bertz CT molecular complexity index is 629. The minimum absolute atomic E-state index is 0.0109. The fraction of sp³-hybridized carbons (Fsp3) is 0.154. The van der Waals surface area contributed by atoms with Crippen LogP contribution in [0.1, 0.15) is 10.4 Å². The van der Waals surface area contributed by atoms with E-state index >= 15 is 0 Å². The Morgan fingerprint density at radius 3 is 2.40 bits per heavy atom. The first-order valence-electron chi connectivity index (χ1n) is 5.75. The van der Waals surface area contributed by atoms with Crippen molar-refractivity contribution in [2.45, 2.75) is 0 Å². The van der Waals surface area contributed by atoms with Gasteiger partial charge in [0.15, 0.2) is 10.3 Å². The highest BCUT2D eigenvalue weighted by molar-refractivity contribution is 6.34. The Kier molecular flexibility index (Phi) is 4.42. The molecule has 2 aromatic rings. The van der Waals surface area contributed by atoms with Gasteiger partial charge in [-0.3, -0.25) is 4.79 Å². The highest BCUT2D eigenvalue weighted by Crippen LogP contribution is 2.19. The number of carbonyl (C=O) groups is 1. The molecule has 2 rings (SSSR count). The van der Waals surface area contributed by atoms with E-state index in [1.807, 2.05) is 31.1 Å². The zero-order chi connectivity index (χ0) is 14.7. The normalized spacial score (nSPS) is 10.2. The Balaban J connectivity index is 2.17. The molecule has 0 aliphatic heterocycles. The average molecular weight is 311 g/mol. The first-order chi connectivity index (χ1) is 9.47. The van der Waals surface area contributed by atoms with Gasteiger partial charge in [-0.1, -0.05) is 23.2 Å². The van der Waals surface area contributed by atoms with E-state index < -0.39 is 0 Å². The van der Waals surface area contributed by atoms with Gasteiger partial charge in [0.25, 0.3) is 5.91 Å². The zero-order valence-electron chi connectivity index (χ0n) is 10.9. The van der Waals surface area contributed by atoms with E-state index in [0.29, 0.717) is 5.69 Å². The van der Waals surface area contributed by atoms with Crippen LogP contribution in [-0.4, -0.2) is 30.2 Å². The molecule has 20 heavy (non-hydrogen) atoms. The van der Waals surface area contributed by atoms with Crippen LogP contribution in [-0.2, 0) is 0 Å². The van der Waals surface area contributed by atoms with E-state index in [-0.39, 0.29) is 21.8 Å². The van der Waals surface area contributed by atoms with Gasteiger partial charge in [0, 0.05) is 25.5 Å². The highest BCUT2D eigenvalue weighted by Gasteiger charge is 2.13. The summed E-state index contributed by atoms with van der Waals surface area (Å²) < 4.78 is 0. The van der Waals surface area contributed by atoms with Crippen molar-refractivity contribution in [2.24, 2.45) is 0 Å². The molecule has 1 aromatic heterocycles. The second-order valence-corrected chi connectivity index (χ2v) is 5.01. The molecule has 0 fully saturated rings. The lowest BCUT2D eigenvalue weighted by atomic mass is 10.2. The standard InChI is InChI=1S/C13H12Cl2N4O/c1-19(2)9-5-3-8(4-6-9)16-13(20)10-7-11(14)17-18-12(10)15/h3-7H,1-2H3,(H,16,20). The number of rotatable bonds is 3. The van der Waals surface area contributed by atoms with Crippen LogP contribution in [0.3, 0.4) is 0 Å². The number of nitrogens with zero attached hydrogens (tertiary/aromatic N) is 3. The predicted molar refractivity (Wildman–Crippen MR) is 80.8 cm³/mol. The minimum Gasteiger partial charge on any atom is -0.378 e. The third-order valence-corrected chi connectivity index (χ3v) is 3.07. The Hall–Kier alpha value is -1.85. The first-order valence-corrected chi connectivity index (χ1v) is 6.50. The lowest BCUT2D eigenvalue weighted by molar-refractivity contribution is 0.102. The van der Waals surface area contributed by atoms with Crippen molar-refractivity contribution in [1.82, 2.24) is 10.2 Å². The van der Waals surface area contributed by atoms with Crippen LogP contribution in [0.4, 0.5) is 11.4 Å². The molecule has 1 aromatic carbocycles. The van der Waals surface area contributed by atoms with Gasteiger partial charge in [0.1, 0.15) is 0 Å². The number of aromatic nitrogens is 2. The molecule has 0 bridgehead atoms. The van der Waals surface area contributed by atoms with Gasteiger partial charge in [-0.25, -0.2) is 0 Å². The van der Waals surface area contributed by atoms with Gasteiger partial charge >= 0.3 is 0 Å². The lowest BCUT2D eigenvalue weighted by Gasteiger charge is -2.13. The van der Waals surface area contributed by atoms with Crippen molar-refractivity contribution in [2.75, 3.05) is 24.3 Å². The van der Waals surface area contributed by atoms with Gasteiger partial charge < -0.3 is 10.2 Å². The van der Waals surface area contributed by atoms with E-state index in [9.17, 15) is 4.79 Å². The zero-order valence-corrected chi connectivity index (χ0v) is 12.4. The molecule has 0 aliphatic carbocycles. The monoisotopic (exact) mass is 310 g/mol. The topological polar surface area (TPSA) is 58.1 Å². The lowest BCUT2D eigenvalue weighted by Crippen LogP contribution is -2.14. The summed E-state index contributed by atoms with van der Waals surface area (Å²) in [7, 11) is 3.88. The van der Waals surface area contributed by atoms with Crippen LogP contribution in [0, 0.1) is 0 Å². The number of hydrogen-bond acceptors (Lipinski definition) is 4. The van der Waals surface area contributed by atoms with Gasteiger partial charge in [-0.05, 0) is 30.3 Å². The van der Waals surface area contributed by atoms with E-state index in [1.54, 1.807) is 12.1 Å². The third-order valence-electron chi connectivity index (χ3n) is 2.61. The molecule has 104 valence electrons. The number of anilines is 2. The fourth-order valence-corrected chi connectivity index (χ4v) is 1.88. The molecular formula is C13H12Cl2N4O. The number of carbonyl (C=O) groups excluding carboxylic acids is 1. The SMILES string of the molecule is CN(C)c1ccc(NC(=O)c2cc(Cl)nnc2Cl)cc1. The quantitative estimate of drug-likeness (QED) is 0.946. The van der Waals surface area contributed by atoms with Crippen molar-refractivity contribution in [3.8, 4) is 0 Å². The van der Waals surface area contributed by atoms with E-state index in [2.05, 4.69) is 15.5 Å². The smallest absolute Gasteiger partial charge is 0.258 e. The van der Waals surface area contributed by atoms with Gasteiger partial charge in [0.05, 0.1) is 5.56 Å². The third kappa shape index (κ3) is 3.37. The number of halogens is 2. The molecule has 0 saturated heterocycles. The van der Waals surface area contributed by atoms with Crippen LogP contribution < -0.4 is 10.2 Å². The average Bonchev–Trinajstić information content (AvgIpc) is 2.42. The Morgan fingerprint density at radius 2 is 1.80 bits per heavy atom. The van der Waals surface area contributed by atoms with Crippen molar-refractivity contribution in [3.63, 3.8) is 0 Å². The maximum atomic E-state index is 12.1. The number of hydrogen-bond donors (Lipinski definition) is 1. The minimum atomic E-state index is -0.385. The van der Waals surface area contributed by atoms with Crippen molar-refractivity contribution >= 4 is 40.5 Å². The molecular weight excluding hydrogens is 299 g/mol. The number of amides is 1. The molecule has 0 radical (unpaired) electrons.